The Kier molecular flexibility index (Phi) is 3.60. The van der Waals surface area contributed by atoms with Crippen molar-refractivity contribution in [3.8, 4) is 0 Å². The normalized spacial score (nSPS) is 8.22. The Morgan fingerprint density at radius 2 is 2.11 bits per heavy atom. The smallest absolute Gasteiger partial charge is 0 e. The molecule has 0 aliphatic heterocycles. The zero-order valence-electron chi connectivity index (χ0n) is 5.35. The Bertz CT molecular complexity index is 150. The number of rotatable bonds is 0. The molecule has 0 amide bonds. The molecule has 1 radical (unpaired) electrons. The van der Waals surface area contributed by atoms with Crippen LogP contribution in [0.15, 0.2) is 6.20 Å². The molecule has 2 nitrogen and oxygen atoms in total. The van der Waals surface area contributed by atoms with Crippen LogP contribution in [0.2, 0.25) is 0 Å². The van der Waals surface area contributed by atoms with Gasteiger partial charge in [-0.05, 0) is 18.8 Å². The second-order valence-electron chi connectivity index (χ2n) is 1.71. The summed E-state index contributed by atoms with van der Waals surface area (Å²) in [6.45, 7) is 3.76. The van der Waals surface area contributed by atoms with Gasteiger partial charge in [-0.1, -0.05) is 12.6 Å². The van der Waals surface area contributed by atoms with Crippen molar-refractivity contribution in [3.05, 3.63) is 23.8 Å². The standard InChI is InChI=1S/C6H7N2.Re/c1-5-3-8-6(2)4-7-5;/h3H,1-2H3;/q-1;. The van der Waals surface area contributed by atoms with Gasteiger partial charge in [-0.15, -0.1) is 6.20 Å². The maximum Gasteiger partial charge on any atom is 0 e. The number of aryl methyl sites for hydroxylation is 2. The topological polar surface area (TPSA) is 25.8 Å². The molecule has 3 heteroatoms. The van der Waals surface area contributed by atoms with Crippen LogP contribution in [0, 0.1) is 20.0 Å². The molecule has 0 N–H and O–H groups in total. The van der Waals surface area contributed by atoms with E-state index < -0.39 is 0 Å². The Hall–Kier alpha value is -0.258. The molecule has 1 aromatic heterocycles. The van der Waals surface area contributed by atoms with Gasteiger partial charge in [0.15, 0.2) is 0 Å². The van der Waals surface area contributed by atoms with Gasteiger partial charge in [0.25, 0.3) is 0 Å². The summed E-state index contributed by atoms with van der Waals surface area (Å²) in [6, 6.07) is 0. The van der Waals surface area contributed by atoms with Gasteiger partial charge in [0.1, 0.15) is 0 Å². The first-order valence-electron chi connectivity index (χ1n) is 2.47. The quantitative estimate of drug-likeness (QED) is 0.664. The van der Waals surface area contributed by atoms with E-state index in [1.807, 2.05) is 13.8 Å². The van der Waals surface area contributed by atoms with Gasteiger partial charge >= 0.3 is 0 Å². The Labute approximate surface area is 68.4 Å². The Morgan fingerprint density at radius 1 is 1.44 bits per heavy atom. The maximum atomic E-state index is 3.96. The predicted octanol–water partition coefficient (Wildman–Crippen LogP) is 0.891. The summed E-state index contributed by atoms with van der Waals surface area (Å²) in [5, 5.41) is 0. The fourth-order valence-corrected chi connectivity index (χ4v) is 0.417. The molecule has 0 aliphatic rings. The van der Waals surface area contributed by atoms with E-state index >= 15 is 0 Å². The monoisotopic (exact) mass is 294 g/mol. The van der Waals surface area contributed by atoms with Crippen LogP contribution in [0.4, 0.5) is 0 Å². The van der Waals surface area contributed by atoms with Crippen molar-refractivity contribution >= 4 is 0 Å². The van der Waals surface area contributed by atoms with E-state index in [4.69, 9.17) is 0 Å². The van der Waals surface area contributed by atoms with Gasteiger partial charge in [0, 0.05) is 20.4 Å². The second kappa shape index (κ2) is 3.71. The van der Waals surface area contributed by atoms with Crippen LogP contribution in [0.3, 0.4) is 0 Å². The zero-order chi connectivity index (χ0) is 5.98. The minimum atomic E-state index is 0. The molecule has 0 saturated carbocycles. The van der Waals surface area contributed by atoms with Gasteiger partial charge in [-0.3, -0.25) is 4.98 Å². The molecule has 0 spiro atoms. The number of hydrogen-bond acceptors (Lipinski definition) is 2. The van der Waals surface area contributed by atoms with Crippen molar-refractivity contribution in [2.45, 2.75) is 13.8 Å². The van der Waals surface area contributed by atoms with E-state index in [9.17, 15) is 0 Å². The molecule has 1 rings (SSSR count). The van der Waals surface area contributed by atoms with Crippen molar-refractivity contribution in [1.82, 2.24) is 9.97 Å². The van der Waals surface area contributed by atoms with Crippen molar-refractivity contribution < 1.29 is 20.4 Å². The fraction of sp³-hybridized carbons (Fsp3) is 0.333. The number of nitrogens with zero attached hydrogens (tertiary/aromatic N) is 2. The van der Waals surface area contributed by atoms with Crippen molar-refractivity contribution in [2.75, 3.05) is 0 Å². The molecule has 0 bridgehead atoms. The molecule has 49 valence electrons. The van der Waals surface area contributed by atoms with Crippen LogP contribution < -0.4 is 0 Å². The minimum absolute atomic E-state index is 0. The summed E-state index contributed by atoms with van der Waals surface area (Å²) in [5.74, 6) is 0. The van der Waals surface area contributed by atoms with Gasteiger partial charge in [-0.2, -0.15) is 0 Å². The second-order valence-corrected chi connectivity index (χ2v) is 1.71. The molecule has 9 heavy (non-hydrogen) atoms. The first-order valence-corrected chi connectivity index (χ1v) is 2.47. The van der Waals surface area contributed by atoms with Gasteiger partial charge in [0.2, 0.25) is 0 Å². The molecule has 0 saturated heterocycles. The summed E-state index contributed by atoms with van der Waals surface area (Å²) >= 11 is 0. The molecule has 1 heterocycles. The van der Waals surface area contributed by atoms with E-state index in [2.05, 4.69) is 16.2 Å². The maximum absolute atomic E-state index is 3.96. The predicted molar refractivity (Wildman–Crippen MR) is 30.3 cm³/mol. The first kappa shape index (κ1) is 8.74. The Morgan fingerprint density at radius 3 is 2.44 bits per heavy atom. The molecule has 0 aromatic carbocycles. The molecule has 0 atom stereocenters. The molecular formula is C6H7N2Re-. The zero-order valence-corrected chi connectivity index (χ0v) is 8.07. The van der Waals surface area contributed by atoms with Crippen molar-refractivity contribution in [2.24, 2.45) is 0 Å². The molecule has 1 aromatic rings. The van der Waals surface area contributed by atoms with Crippen LogP contribution in [0.25, 0.3) is 0 Å². The summed E-state index contributed by atoms with van der Waals surface area (Å²) in [5.41, 5.74) is 1.76. The van der Waals surface area contributed by atoms with E-state index in [0.717, 1.165) is 11.4 Å². The van der Waals surface area contributed by atoms with Crippen LogP contribution in [0.5, 0.6) is 0 Å². The van der Waals surface area contributed by atoms with Crippen molar-refractivity contribution in [3.63, 3.8) is 0 Å². The van der Waals surface area contributed by atoms with Crippen LogP contribution in [0.1, 0.15) is 11.4 Å². The molecule has 0 aliphatic carbocycles. The minimum Gasteiger partial charge on any atom is -0.453 e. The first-order chi connectivity index (χ1) is 3.79. The third kappa shape index (κ3) is 2.69. The third-order valence-corrected chi connectivity index (χ3v) is 0.839. The molecule has 0 fully saturated rings. The van der Waals surface area contributed by atoms with Gasteiger partial charge in [0.05, 0.1) is 0 Å². The van der Waals surface area contributed by atoms with Gasteiger partial charge < -0.3 is 4.98 Å². The van der Waals surface area contributed by atoms with E-state index in [-0.39, 0.29) is 20.4 Å². The SMILES string of the molecule is Cc1[c-]nc(C)cn1.[Re]. The molecule has 0 unspecified atom stereocenters. The summed E-state index contributed by atoms with van der Waals surface area (Å²) in [4.78, 5) is 7.85. The summed E-state index contributed by atoms with van der Waals surface area (Å²) in [7, 11) is 0. The summed E-state index contributed by atoms with van der Waals surface area (Å²) in [6.07, 6.45) is 4.47. The largest absolute Gasteiger partial charge is 0.453 e. The Balaban J connectivity index is 0.000000640. The van der Waals surface area contributed by atoms with E-state index in [1.54, 1.807) is 6.20 Å². The van der Waals surface area contributed by atoms with Crippen LogP contribution >= 0.6 is 0 Å². The average Bonchev–Trinajstić information content (AvgIpc) is 1.77. The summed E-state index contributed by atoms with van der Waals surface area (Å²) < 4.78 is 0. The van der Waals surface area contributed by atoms with E-state index in [1.165, 1.54) is 0 Å². The van der Waals surface area contributed by atoms with Gasteiger partial charge in [-0.25, -0.2) is 0 Å². The molecular weight excluding hydrogens is 286 g/mol. The van der Waals surface area contributed by atoms with Crippen molar-refractivity contribution in [1.29, 1.82) is 0 Å². The van der Waals surface area contributed by atoms with Crippen LogP contribution in [-0.2, 0) is 20.4 Å². The fourth-order valence-electron chi connectivity index (χ4n) is 0.417. The van der Waals surface area contributed by atoms with Crippen LogP contribution in [-0.4, -0.2) is 9.97 Å². The number of hydrogen-bond donors (Lipinski definition) is 0. The third-order valence-electron chi connectivity index (χ3n) is 0.839. The van der Waals surface area contributed by atoms with E-state index in [0.29, 0.717) is 0 Å². The number of aromatic nitrogens is 2. The average molecular weight is 293 g/mol.